The van der Waals surface area contributed by atoms with Crippen molar-refractivity contribution in [2.45, 2.75) is 25.8 Å². The molecule has 0 amide bonds. The van der Waals surface area contributed by atoms with Crippen LogP contribution < -0.4 is 15.5 Å². The topological polar surface area (TPSA) is 61.4 Å². The van der Waals surface area contributed by atoms with E-state index < -0.39 is 0 Å². The van der Waals surface area contributed by atoms with Gasteiger partial charge in [0.05, 0.1) is 0 Å². The zero-order chi connectivity index (χ0) is 24.2. The third-order valence-electron chi connectivity index (χ3n) is 7.12. The van der Waals surface area contributed by atoms with Crippen molar-refractivity contribution < 1.29 is 9.59 Å². The summed E-state index contributed by atoms with van der Waals surface area (Å²) in [6.07, 6.45) is 3.57. The molecule has 0 atom stereocenters. The first kappa shape index (κ1) is 22.9. The van der Waals surface area contributed by atoms with Crippen molar-refractivity contribution >= 4 is 17.3 Å². The summed E-state index contributed by atoms with van der Waals surface area (Å²) in [6.45, 7) is 2.62. The average Bonchev–Trinajstić information content (AvgIpc) is 2.91. The predicted octanol–water partition coefficient (Wildman–Crippen LogP) is 4.75. The molecule has 178 valence electrons. The van der Waals surface area contributed by atoms with E-state index in [9.17, 15) is 9.59 Å². The molecule has 1 saturated heterocycles. The molecule has 0 unspecified atom stereocenters. The predicted molar refractivity (Wildman–Crippen MR) is 140 cm³/mol. The summed E-state index contributed by atoms with van der Waals surface area (Å²) in [7, 11) is 1.67. The van der Waals surface area contributed by atoms with Gasteiger partial charge in [0.1, 0.15) is 11.4 Å². The highest BCUT2D eigenvalue weighted by Gasteiger charge is 2.31. The Kier molecular flexibility index (Phi) is 6.66. The lowest BCUT2D eigenvalue weighted by Crippen LogP contribution is -2.35. The molecule has 1 aliphatic heterocycles. The molecule has 35 heavy (non-hydrogen) atoms. The normalized spacial score (nSPS) is 16.3. The molecule has 2 N–H and O–H groups in total. The lowest BCUT2D eigenvalue weighted by Gasteiger charge is -2.34. The number of nitrogens with one attached hydrogen (secondary N) is 2. The monoisotopic (exact) mass is 465 g/mol. The Morgan fingerprint density at radius 2 is 1.34 bits per heavy atom. The van der Waals surface area contributed by atoms with E-state index in [0.717, 1.165) is 31.0 Å². The standard InChI is InChI=1S/C30H31N3O2/c1-31-27-28(30(35)26-10-6-5-9-25(26)29(27)34)32-20-23-11-13-24(14-12-23)33-17-15-22(16-18-33)19-21-7-3-2-4-8-21/h2-14,22,31-32H,15-20H2,1H3. The van der Waals surface area contributed by atoms with Gasteiger partial charge in [-0.1, -0.05) is 66.7 Å². The van der Waals surface area contributed by atoms with Crippen LogP contribution in [0.15, 0.2) is 90.3 Å². The smallest absolute Gasteiger partial charge is 0.211 e. The van der Waals surface area contributed by atoms with Crippen LogP contribution in [0.25, 0.3) is 0 Å². The first-order chi connectivity index (χ1) is 17.1. The quantitative estimate of drug-likeness (QED) is 0.528. The summed E-state index contributed by atoms with van der Waals surface area (Å²) in [4.78, 5) is 28.3. The lowest BCUT2D eigenvalue weighted by atomic mass is 9.90. The SMILES string of the molecule is CNC1=C(NCc2ccc(N3CCC(Cc4ccccc4)CC3)cc2)C(=O)c2ccccc2C1=O. The highest BCUT2D eigenvalue weighted by Crippen LogP contribution is 2.27. The maximum atomic E-state index is 13.0. The van der Waals surface area contributed by atoms with Gasteiger partial charge in [-0.2, -0.15) is 0 Å². The number of carbonyl (C=O) groups is 2. The number of hydrogen-bond acceptors (Lipinski definition) is 5. The number of Topliss-reactive ketones (excluding diaryl/α,β-unsaturated/α-hetero) is 2. The fourth-order valence-corrected chi connectivity index (χ4v) is 5.14. The van der Waals surface area contributed by atoms with E-state index in [-0.39, 0.29) is 11.6 Å². The fourth-order valence-electron chi connectivity index (χ4n) is 5.14. The minimum Gasteiger partial charge on any atom is -0.383 e. The summed E-state index contributed by atoms with van der Waals surface area (Å²) < 4.78 is 0. The second-order valence-electron chi connectivity index (χ2n) is 9.34. The van der Waals surface area contributed by atoms with Gasteiger partial charge >= 0.3 is 0 Å². The molecule has 0 saturated carbocycles. The van der Waals surface area contributed by atoms with Crippen molar-refractivity contribution in [3.8, 4) is 0 Å². The second-order valence-corrected chi connectivity index (χ2v) is 9.34. The van der Waals surface area contributed by atoms with E-state index >= 15 is 0 Å². The Hall–Kier alpha value is -3.86. The van der Waals surface area contributed by atoms with Gasteiger partial charge < -0.3 is 15.5 Å². The Bertz CT molecular complexity index is 1240. The second kappa shape index (κ2) is 10.2. The number of likely N-dealkylation sites (N-methyl/N-ethyl adjacent to an activating group) is 1. The van der Waals surface area contributed by atoms with Gasteiger partial charge in [0.15, 0.2) is 0 Å². The molecule has 0 radical (unpaired) electrons. The van der Waals surface area contributed by atoms with Crippen LogP contribution in [0, 0.1) is 5.92 Å². The number of fused-ring (bicyclic) bond motifs is 1. The highest BCUT2D eigenvalue weighted by molar-refractivity contribution is 6.26. The molecule has 0 bridgehead atoms. The van der Waals surface area contributed by atoms with Crippen LogP contribution in [0.2, 0.25) is 0 Å². The summed E-state index contributed by atoms with van der Waals surface area (Å²) in [5.41, 5.74) is 5.29. The Morgan fingerprint density at radius 3 is 1.97 bits per heavy atom. The van der Waals surface area contributed by atoms with Gasteiger partial charge in [0, 0.05) is 43.5 Å². The zero-order valence-electron chi connectivity index (χ0n) is 20.1. The molecule has 0 aromatic heterocycles. The minimum atomic E-state index is -0.156. The molecule has 1 heterocycles. The first-order valence-corrected chi connectivity index (χ1v) is 12.4. The van der Waals surface area contributed by atoms with Crippen molar-refractivity contribution in [3.63, 3.8) is 0 Å². The van der Waals surface area contributed by atoms with Crippen molar-refractivity contribution in [1.82, 2.24) is 10.6 Å². The molecule has 1 aliphatic carbocycles. The molecule has 5 heteroatoms. The number of rotatable bonds is 7. The van der Waals surface area contributed by atoms with E-state index in [1.54, 1.807) is 31.3 Å². The van der Waals surface area contributed by atoms with E-state index in [4.69, 9.17) is 0 Å². The minimum absolute atomic E-state index is 0.153. The fraction of sp³-hybridized carbons (Fsp3) is 0.267. The zero-order valence-corrected chi connectivity index (χ0v) is 20.1. The van der Waals surface area contributed by atoms with Crippen LogP contribution in [0.3, 0.4) is 0 Å². The van der Waals surface area contributed by atoms with Crippen LogP contribution in [-0.2, 0) is 13.0 Å². The van der Waals surface area contributed by atoms with E-state index in [2.05, 4.69) is 70.1 Å². The molecule has 1 fully saturated rings. The van der Waals surface area contributed by atoms with Crippen LogP contribution in [-0.4, -0.2) is 31.7 Å². The van der Waals surface area contributed by atoms with Gasteiger partial charge in [-0.25, -0.2) is 0 Å². The van der Waals surface area contributed by atoms with Crippen molar-refractivity contribution in [2.24, 2.45) is 5.92 Å². The number of hydrogen-bond donors (Lipinski definition) is 2. The molecular weight excluding hydrogens is 434 g/mol. The molecule has 0 spiro atoms. The van der Waals surface area contributed by atoms with Crippen molar-refractivity contribution in [1.29, 1.82) is 0 Å². The van der Waals surface area contributed by atoms with Crippen LogP contribution >= 0.6 is 0 Å². The molecule has 3 aromatic carbocycles. The molecule has 2 aliphatic rings. The van der Waals surface area contributed by atoms with Crippen molar-refractivity contribution in [2.75, 3.05) is 25.0 Å². The lowest BCUT2D eigenvalue weighted by molar-refractivity contribution is 0.0963. The molecular formula is C30H31N3O2. The van der Waals surface area contributed by atoms with Crippen LogP contribution in [0.4, 0.5) is 5.69 Å². The van der Waals surface area contributed by atoms with E-state index in [1.807, 2.05) is 0 Å². The molecule has 5 nitrogen and oxygen atoms in total. The maximum absolute atomic E-state index is 13.0. The number of benzene rings is 3. The number of nitrogens with zero attached hydrogens (tertiary/aromatic N) is 1. The largest absolute Gasteiger partial charge is 0.383 e. The van der Waals surface area contributed by atoms with Gasteiger partial charge in [-0.05, 0) is 48.4 Å². The average molecular weight is 466 g/mol. The summed E-state index contributed by atoms with van der Waals surface area (Å²) in [6, 6.07) is 26.3. The highest BCUT2D eigenvalue weighted by atomic mass is 16.1. The van der Waals surface area contributed by atoms with Crippen molar-refractivity contribution in [3.05, 3.63) is 113 Å². The number of allylic oxidation sites excluding steroid dienone is 2. The summed E-state index contributed by atoms with van der Waals surface area (Å²) in [5.74, 6) is 0.434. The van der Waals surface area contributed by atoms with Gasteiger partial charge in [0.25, 0.3) is 0 Å². The third kappa shape index (κ3) is 4.85. The summed E-state index contributed by atoms with van der Waals surface area (Å²) >= 11 is 0. The first-order valence-electron chi connectivity index (χ1n) is 12.4. The number of anilines is 1. The van der Waals surface area contributed by atoms with Crippen LogP contribution in [0.5, 0.6) is 0 Å². The number of ketones is 2. The van der Waals surface area contributed by atoms with E-state index in [0.29, 0.717) is 29.1 Å². The van der Waals surface area contributed by atoms with Crippen LogP contribution in [0.1, 0.15) is 44.7 Å². The molecule has 5 rings (SSSR count). The number of piperidine rings is 1. The Labute approximate surface area is 206 Å². The van der Waals surface area contributed by atoms with Gasteiger partial charge in [-0.3, -0.25) is 9.59 Å². The molecule has 3 aromatic rings. The van der Waals surface area contributed by atoms with Gasteiger partial charge in [-0.15, -0.1) is 0 Å². The van der Waals surface area contributed by atoms with Gasteiger partial charge in [0.2, 0.25) is 11.6 Å². The summed E-state index contributed by atoms with van der Waals surface area (Å²) in [5, 5.41) is 6.14. The maximum Gasteiger partial charge on any atom is 0.211 e. The van der Waals surface area contributed by atoms with E-state index in [1.165, 1.54) is 24.1 Å². The Balaban J connectivity index is 1.19. The Morgan fingerprint density at radius 1 is 0.743 bits per heavy atom. The third-order valence-corrected chi connectivity index (χ3v) is 7.12. The number of carbonyl (C=O) groups excluding carboxylic acids is 2.